The number of carbonyl (C=O) groups excluding carboxylic acids is 2. The molecule has 0 fully saturated rings. The van der Waals surface area contributed by atoms with Gasteiger partial charge in [0.15, 0.2) is 11.5 Å². The van der Waals surface area contributed by atoms with Crippen molar-refractivity contribution in [3.05, 3.63) is 42.5 Å². The predicted octanol–water partition coefficient (Wildman–Crippen LogP) is 3.25. The number of nitrogens with zero attached hydrogens (tertiary/aromatic N) is 2. The SMILES string of the molecule is CCN(CC)c1ccc(NC(=O)CN(C(C)=O)c2ccc3c(c2)OCO3)cc1. The van der Waals surface area contributed by atoms with Crippen LogP contribution in [0.1, 0.15) is 20.8 Å². The molecule has 0 saturated heterocycles. The van der Waals surface area contributed by atoms with E-state index in [1.807, 2.05) is 24.3 Å². The Balaban J connectivity index is 1.67. The number of hydrogen-bond acceptors (Lipinski definition) is 5. The molecular weight excluding hydrogens is 358 g/mol. The van der Waals surface area contributed by atoms with Crippen molar-refractivity contribution >= 4 is 28.9 Å². The minimum Gasteiger partial charge on any atom is -0.454 e. The number of nitrogens with one attached hydrogen (secondary N) is 1. The van der Waals surface area contributed by atoms with Gasteiger partial charge in [0.05, 0.1) is 0 Å². The zero-order valence-corrected chi connectivity index (χ0v) is 16.4. The van der Waals surface area contributed by atoms with E-state index in [0.717, 1.165) is 18.8 Å². The summed E-state index contributed by atoms with van der Waals surface area (Å²) in [6, 6.07) is 12.9. The molecule has 2 amide bonds. The summed E-state index contributed by atoms with van der Waals surface area (Å²) in [5, 5.41) is 2.84. The molecule has 2 aromatic carbocycles. The Kier molecular flexibility index (Phi) is 6.03. The number of hydrogen-bond donors (Lipinski definition) is 1. The third kappa shape index (κ3) is 4.36. The molecule has 1 aliphatic rings. The van der Waals surface area contributed by atoms with Gasteiger partial charge in [-0.3, -0.25) is 9.59 Å². The fourth-order valence-electron chi connectivity index (χ4n) is 3.13. The Morgan fingerprint density at radius 3 is 2.25 bits per heavy atom. The van der Waals surface area contributed by atoms with Crippen LogP contribution in [0, 0.1) is 0 Å². The molecule has 1 aliphatic heterocycles. The van der Waals surface area contributed by atoms with Crippen molar-refractivity contribution in [3.63, 3.8) is 0 Å². The lowest BCUT2D eigenvalue weighted by Gasteiger charge is -2.22. The van der Waals surface area contributed by atoms with E-state index in [4.69, 9.17) is 9.47 Å². The lowest BCUT2D eigenvalue weighted by Crippen LogP contribution is -2.36. The zero-order valence-electron chi connectivity index (χ0n) is 16.4. The van der Waals surface area contributed by atoms with Crippen molar-refractivity contribution in [3.8, 4) is 11.5 Å². The summed E-state index contributed by atoms with van der Waals surface area (Å²) in [5.74, 6) is 0.690. The van der Waals surface area contributed by atoms with Crippen LogP contribution in [-0.2, 0) is 9.59 Å². The molecule has 1 N–H and O–H groups in total. The maximum Gasteiger partial charge on any atom is 0.244 e. The number of ether oxygens (including phenoxy) is 2. The molecule has 7 heteroatoms. The topological polar surface area (TPSA) is 71.1 Å². The number of carbonyl (C=O) groups is 2. The van der Waals surface area contributed by atoms with Crippen LogP contribution < -0.4 is 24.6 Å². The minimum atomic E-state index is -0.275. The van der Waals surface area contributed by atoms with E-state index in [0.29, 0.717) is 22.9 Å². The fourth-order valence-corrected chi connectivity index (χ4v) is 3.13. The number of anilines is 3. The summed E-state index contributed by atoms with van der Waals surface area (Å²) in [5.41, 5.74) is 2.38. The quantitative estimate of drug-likeness (QED) is 0.795. The maximum atomic E-state index is 12.5. The van der Waals surface area contributed by atoms with Gasteiger partial charge in [0.2, 0.25) is 18.6 Å². The Morgan fingerprint density at radius 1 is 0.964 bits per heavy atom. The van der Waals surface area contributed by atoms with Crippen LogP contribution in [0.5, 0.6) is 11.5 Å². The van der Waals surface area contributed by atoms with Crippen molar-refractivity contribution < 1.29 is 19.1 Å². The average molecular weight is 383 g/mol. The first-order valence-corrected chi connectivity index (χ1v) is 9.34. The van der Waals surface area contributed by atoms with E-state index in [9.17, 15) is 9.59 Å². The van der Waals surface area contributed by atoms with E-state index in [2.05, 4.69) is 24.1 Å². The Labute approximate surface area is 164 Å². The smallest absolute Gasteiger partial charge is 0.244 e. The average Bonchev–Trinajstić information content (AvgIpc) is 3.16. The molecule has 28 heavy (non-hydrogen) atoms. The van der Waals surface area contributed by atoms with Gasteiger partial charge in [0.25, 0.3) is 0 Å². The van der Waals surface area contributed by atoms with Crippen LogP contribution in [0.15, 0.2) is 42.5 Å². The molecule has 2 aromatic rings. The second-order valence-electron chi connectivity index (χ2n) is 6.41. The molecule has 0 unspecified atom stereocenters. The zero-order chi connectivity index (χ0) is 20.1. The molecule has 148 valence electrons. The normalized spacial score (nSPS) is 11.8. The molecule has 0 bridgehead atoms. The van der Waals surface area contributed by atoms with Gasteiger partial charge in [-0.2, -0.15) is 0 Å². The molecule has 7 nitrogen and oxygen atoms in total. The van der Waals surface area contributed by atoms with Crippen LogP contribution in [0.25, 0.3) is 0 Å². The molecule has 1 heterocycles. The minimum absolute atomic E-state index is 0.0905. The van der Waals surface area contributed by atoms with Gasteiger partial charge in [-0.05, 0) is 50.2 Å². The highest BCUT2D eigenvalue weighted by atomic mass is 16.7. The molecule has 3 rings (SSSR count). The van der Waals surface area contributed by atoms with Crippen molar-refractivity contribution in [2.45, 2.75) is 20.8 Å². The lowest BCUT2D eigenvalue weighted by molar-refractivity contribution is -0.120. The summed E-state index contributed by atoms with van der Waals surface area (Å²) in [7, 11) is 0. The van der Waals surface area contributed by atoms with E-state index in [1.165, 1.54) is 11.8 Å². The summed E-state index contributed by atoms with van der Waals surface area (Å²) in [6.07, 6.45) is 0. The second-order valence-corrected chi connectivity index (χ2v) is 6.41. The first kappa shape index (κ1) is 19.5. The van der Waals surface area contributed by atoms with Crippen molar-refractivity contribution in [2.75, 3.05) is 41.5 Å². The van der Waals surface area contributed by atoms with Crippen LogP contribution in [0.3, 0.4) is 0 Å². The summed E-state index contributed by atoms with van der Waals surface area (Å²) >= 11 is 0. The van der Waals surface area contributed by atoms with Gasteiger partial charge >= 0.3 is 0 Å². The Bertz CT molecular complexity index is 847. The highest BCUT2D eigenvalue weighted by Crippen LogP contribution is 2.35. The van der Waals surface area contributed by atoms with Gasteiger partial charge in [-0.1, -0.05) is 0 Å². The standard InChI is InChI=1S/C21H25N3O4/c1-4-23(5-2)17-8-6-16(7-9-17)22-21(26)13-24(15(3)25)18-10-11-19-20(12-18)28-14-27-19/h6-12H,4-5,13-14H2,1-3H3,(H,22,26). The molecule has 0 radical (unpaired) electrons. The van der Waals surface area contributed by atoms with Crippen molar-refractivity contribution in [1.29, 1.82) is 0 Å². The summed E-state index contributed by atoms with van der Waals surface area (Å²) in [4.78, 5) is 28.2. The largest absolute Gasteiger partial charge is 0.454 e. The number of fused-ring (bicyclic) bond motifs is 1. The predicted molar refractivity (Wildman–Crippen MR) is 109 cm³/mol. The fraction of sp³-hybridized carbons (Fsp3) is 0.333. The van der Waals surface area contributed by atoms with Crippen LogP contribution >= 0.6 is 0 Å². The highest BCUT2D eigenvalue weighted by Gasteiger charge is 2.20. The van der Waals surface area contributed by atoms with Crippen LogP contribution in [0.4, 0.5) is 17.1 Å². The number of rotatable bonds is 7. The summed E-state index contributed by atoms with van der Waals surface area (Å²) in [6.45, 7) is 7.54. The van der Waals surface area contributed by atoms with Crippen molar-refractivity contribution in [1.82, 2.24) is 0 Å². The van der Waals surface area contributed by atoms with Crippen LogP contribution in [-0.4, -0.2) is 38.2 Å². The molecule has 0 aliphatic carbocycles. The number of benzene rings is 2. The first-order chi connectivity index (χ1) is 13.5. The molecule has 0 aromatic heterocycles. The molecule has 0 atom stereocenters. The Hall–Kier alpha value is -3.22. The third-order valence-electron chi connectivity index (χ3n) is 4.63. The number of amides is 2. The monoisotopic (exact) mass is 383 g/mol. The van der Waals surface area contributed by atoms with E-state index < -0.39 is 0 Å². The van der Waals surface area contributed by atoms with Gasteiger partial charge in [-0.25, -0.2) is 0 Å². The molecular formula is C21H25N3O4. The maximum absolute atomic E-state index is 12.5. The van der Waals surface area contributed by atoms with Crippen molar-refractivity contribution in [2.24, 2.45) is 0 Å². The van der Waals surface area contributed by atoms with Gasteiger partial charge in [0.1, 0.15) is 6.54 Å². The third-order valence-corrected chi connectivity index (χ3v) is 4.63. The van der Waals surface area contributed by atoms with Gasteiger partial charge < -0.3 is 24.6 Å². The van der Waals surface area contributed by atoms with Gasteiger partial charge in [-0.15, -0.1) is 0 Å². The van der Waals surface area contributed by atoms with Crippen LogP contribution in [0.2, 0.25) is 0 Å². The molecule has 0 spiro atoms. The molecule has 0 saturated carbocycles. The summed E-state index contributed by atoms with van der Waals surface area (Å²) < 4.78 is 10.6. The lowest BCUT2D eigenvalue weighted by atomic mass is 10.2. The van der Waals surface area contributed by atoms with E-state index in [-0.39, 0.29) is 25.2 Å². The van der Waals surface area contributed by atoms with E-state index in [1.54, 1.807) is 18.2 Å². The highest BCUT2D eigenvalue weighted by molar-refractivity contribution is 6.02. The van der Waals surface area contributed by atoms with Gasteiger partial charge in [0, 0.05) is 43.1 Å². The van der Waals surface area contributed by atoms with E-state index >= 15 is 0 Å². The first-order valence-electron chi connectivity index (χ1n) is 9.34. The Morgan fingerprint density at radius 2 is 1.61 bits per heavy atom. The second kappa shape index (κ2) is 8.65.